The molecule has 0 radical (unpaired) electrons. The van der Waals surface area contributed by atoms with E-state index in [2.05, 4.69) is 4.98 Å². The number of carbonyl (C=O) groups is 2. The molecule has 0 saturated carbocycles. The van der Waals surface area contributed by atoms with Gasteiger partial charge in [-0.2, -0.15) is 0 Å². The number of thiazole rings is 1. The maximum atomic E-state index is 12.7. The summed E-state index contributed by atoms with van der Waals surface area (Å²) in [5, 5.41) is 0.904. The minimum Gasteiger partial charge on any atom is -0.496 e. The van der Waals surface area contributed by atoms with E-state index in [4.69, 9.17) is 4.74 Å². The Morgan fingerprint density at radius 1 is 1.11 bits per heavy atom. The molecule has 1 aromatic heterocycles. The number of hydrogen-bond acceptors (Lipinski definition) is 5. The van der Waals surface area contributed by atoms with Gasteiger partial charge in [0.15, 0.2) is 0 Å². The molecule has 0 N–H and O–H groups in total. The molecule has 27 heavy (non-hydrogen) atoms. The third-order valence-electron chi connectivity index (χ3n) is 4.82. The van der Waals surface area contributed by atoms with Crippen molar-refractivity contribution >= 4 is 23.2 Å². The highest BCUT2D eigenvalue weighted by atomic mass is 32.1. The Balaban J connectivity index is 1.52. The average molecular weight is 388 g/mol. The van der Waals surface area contributed by atoms with Crippen LogP contribution in [0.3, 0.4) is 0 Å². The topological polar surface area (TPSA) is 62.7 Å². The molecule has 1 saturated heterocycles. The molecule has 2 heterocycles. The Morgan fingerprint density at radius 3 is 2.41 bits per heavy atom. The summed E-state index contributed by atoms with van der Waals surface area (Å²) < 4.78 is 5.34. The number of benzene rings is 1. The van der Waals surface area contributed by atoms with E-state index in [1.807, 2.05) is 47.9 Å². The minimum atomic E-state index is 0.0271. The first kappa shape index (κ1) is 19.4. The second-order valence-electron chi connectivity index (χ2n) is 6.63. The second kappa shape index (κ2) is 8.52. The predicted molar refractivity (Wildman–Crippen MR) is 105 cm³/mol. The number of aryl methyl sites for hydroxylation is 3. The molecule has 1 aliphatic heterocycles. The molecule has 0 unspecified atom stereocenters. The van der Waals surface area contributed by atoms with E-state index in [0.717, 1.165) is 22.0 Å². The van der Waals surface area contributed by atoms with Gasteiger partial charge in [-0.1, -0.05) is 18.2 Å². The van der Waals surface area contributed by atoms with Crippen LogP contribution in [0.2, 0.25) is 0 Å². The first-order chi connectivity index (χ1) is 13.0. The summed E-state index contributed by atoms with van der Waals surface area (Å²) in [4.78, 5) is 33.9. The van der Waals surface area contributed by atoms with Crippen molar-refractivity contribution in [2.75, 3.05) is 33.3 Å². The number of methoxy groups -OCH3 is 1. The van der Waals surface area contributed by atoms with Gasteiger partial charge in [0.1, 0.15) is 10.6 Å². The maximum absolute atomic E-state index is 12.7. The van der Waals surface area contributed by atoms with Crippen molar-refractivity contribution in [3.8, 4) is 5.75 Å². The number of carbonyl (C=O) groups excluding carboxylic acids is 2. The molecule has 6 nitrogen and oxygen atoms in total. The van der Waals surface area contributed by atoms with Crippen LogP contribution in [0.15, 0.2) is 24.3 Å². The Hall–Kier alpha value is -2.41. The average Bonchev–Trinajstić information content (AvgIpc) is 3.03. The maximum Gasteiger partial charge on any atom is 0.265 e. The fourth-order valence-electron chi connectivity index (χ4n) is 3.34. The zero-order valence-electron chi connectivity index (χ0n) is 16.0. The summed E-state index contributed by atoms with van der Waals surface area (Å²) in [7, 11) is 1.64. The Labute approximate surface area is 163 Å². The molecule has 144 valence electrons. The number of para-hydroxylation sites is 1. The highest BCUT2D eigenvalue weighted by molar-refractivity contribution is 7.13. The summed E-state index contributed by atoms with van der Waals surface area (Å²) in [6.07, 6.45) is 1.10. The van der Waals surface area contributed by atoms with E-state index in [1.165, 1.54) is 11.3 Å². The van der Waals surface area contributed by atoms with Crippen LogP contribution in [0, 0.1) is 13.8 Å². The smallest absolute Gasteiger partial charge is 0.265 e. The van der Waals surface area contributed by atoms with Crippen LogP contribution < -0.4 is 4.74 Å². The molecule has 3 rings (SSSR count). The zero-order chi connectivity index (χ0) is 19.4. The highest BCUT2D eigenvalue weighted by Crippen LogP contribution is 2.21. The monoisotopic (exact) mass is 387 g/mol. The molecule has 2 aromatic rings. The van der Waals surface area contributed by atoms with Gasteiger partial charge in [0.25, 0.3) is 5.91 Å². The molecule has 0 atom stereocenters. The first-order valence-electron chi connectivity index (χ1n) is 9.12. The SMILES string of the molecule is COc1ccccc1CCC(=O)N1CCN(C(=O)c2sc(C)nc2C)CC1. The quantitative estimate of drug-likeness (QED) is 0.791. The van der Waals surface area contributed by atoms with Crippen molar-refractivity contribution in [3.05, 3.63) is 45.4 Å². The van der Waals surface area contributed by atoms with Crippen molar-refractivity contribution in [2.45, 2.75) is 26.7 Å². The molecular weight excluding hydrogens is 362 g/mol. The van der Waals surface area contributed by atoms with Crippen LogP contribution in [0.5, 0.6) is 5.75 Å². The molecule has 1 aromatic carbocycles. The Bertz CT molecular complexity index is 826. The van der Waals surface area contributed by atoms with Gasteiger partial charge in [-0.05, 0) is 31.9 Å². The summed E-state index contributed by atoms with van der Waals surface area (Å²) in [6, 6.07) is 7.78. The van der Waals surface area contributed by atoms with Crippen LogP contribution >= 0.6 is 11.3 Å². The summed E-state index contributed by atoms with van der Waals surface area (Å²) >= 11 is 1.44. The highest BCUT2D eigenvalue weighted by Gasteiger charge is 2.26. The summed E-state index contributed by atoms with van der Waals surface area (Å²) in [6.45, 7) is 6.06. The van der Waals surface area contributed by atoms with E-state index < -0.39 is 0 Å². The number of ether oxygens (including phenoxy) is 1. The van der Waals surface area contributed by atoms with E-state index in [1.54, 1.807) is 7.11 Å². The van der Waals surface area contributed by atoms with E-state index in [0.29, 0.717) is 43.9 Å². The lowest BCUT2D eigenvalue weighted by molar-refractivity contribution is -0.132. The molecule has 7 heteroatoms. The van der Waals surface area contributed by atoms with Crippen molar-refractivity contribution < 1.29 is 14.3 Å². The molecule has 2 amide bonds. The first-order valence-corrected chi connectivity index (χ1v) is 9.94. The lowest BCUT2D eigenvalue weighted by Gasteiger charge is -2.34. The van der Waals surface area contributed by atoms with Crippen LogP contribution in [0.25, 0.3) is 0 Å². The van der Waals surface area contributed by atoms with Gasteiger partial charge in [-0.25, -0.2) is 4.98 Å². The third-order valence-corrected chi connectivity index (χ3v) is 5.88. The van der Waals surface area contributed by atoms with Crippen LogP contribution in [0.1, 0.15) is 32.4 Å². The zero-order valence-corrected chi connectivity index (χ0v) is 16.8. The van der Waals surface area contributed by atoms with Gasteiger partial charge in [0.2, 0.25) is 5.91 Å². The number of rotatable bonds is 5. The van der Waals surface area contributed by atoms with E-state index >= 15 is 0 Å². The van der Waals surface area contributed by atoms with E-state index in [-0.39, 0.29) is 11.8 Å². The second-order valence-corrected chi connectivity index (χ2v) is 7.84. The normalized spacial score (nSPS) is 14.3. The van der Waals surface area contributed by atoms with Gasteiger partial charge in [0.05, 0.1) is 17.8 Å². The molecule has 1 aliphatic rings. The number of hydrogen-bond donors (Lipinski definition) is 0. The summed E-state index contributed by atoms with van der Waals surface area (Å²) in [5.74, 6) is 0.966. The Kier molecular flexibility index (Phi) is 6.11. The van der Waals surface area contributed by atoms with Gasteiger partial charge in [0, 0.05) is 32.6 Å². The van der Waals surface area contributed by atoms with Gasteiger partial charge in [-0.15, -0.1) is 11.3 Å². The number of aromatic nitrogens is 1. The van der Waals surface area contributed by atoms with Crippen LogP contribution in [0.4, 0.5) is 0 Å². The standard InChI is InChI=1S/C20H25N3O3S/c1-14-19(27-15(2)21-14)20(25)23-12-10-22(11-13-23)18(24)9-8-16-6-4-5-7-17(16)26-3/h4-7H,8-13H2,1-3H3. The lowest BCUT2D eigenvalue weighted by atomic mass is 10.1. The van der Waals surface area contributed by atoms with Crippen molar-refractivity contribution in [1.82, 2.24) is 14.8 Å². The molecule has 0 spiro atoms. The Morgan fingerprint density at radius 2 is 1.78 bits per heavy atom. The van der Waals surface area contributed by atoms with Crippen molar-refractivity contribution in [3.63, 3.8) is 0 Å². The molecule has 0 bridgehead atoms. The third kappa shape index (κ3) is 4.47. The molecule has 1 fully saturated rings. The van der Waals surface area contributed by atoms with Gasteiger partial charge >= 0.3 is 0 Å². The van der Waals surface area contributed by atoms with Gasteiger partial charge < -0.3 is 14.5 Å². The lowest BCUT2D eigenvalue weighted by Crippen LogP contribution is -2.50. The van der Waals surface area contributed by atoms with Crippen molar-refractivity contribution in [2.24, 2.45) is 0 Å². The van der Waals surface area contributed by atoms with Crippen LogP contribution in [-0.2, 0) is 11.2 Å². The number of amides is 2. The fraction of sp³-hybridized carbons (Fsp3) is 0.450. The molecular formula is C20H25N3O3S. The summed E-state index contributed by atoms with van der Waals surface area (Å²) in [5.41, 5.74) is 1.83. The fourth-order valence-corrected chi connectivity index (χ4v) is 4.23. The largest absolute Gasteiger partial charge is 0.496 e. The van der Waals surface area contributed by atoms with E-state index in [9.17, 15) is 9.59 Å². The van der Waals surface area contributed by atoms with Crippen LogP contribution in [-0.4, -0.2) is 59.9 Å². The number of piperazine rings is 1. The number of nitrogens with zero attached hydrogens (tertiary/aromatic N) is 3. The minimum absolute atomic E-state index is 0.0271. The van der Waals surface area contributed by atoms with Crippen molar-refractivity contribution in [1.29, 1.82) is 0 Å². The molecule has 0 aliphatic carbocycles. The predicted octanol–water partition coefficient (Wildman–Crippen LogP) is 2.69. The van der Waals surface area contributed by atoms with Gasteiger partial charge in [-0.3, -0.25) is 9.59 Å².